The van der Waals surface area contributed by atoms with Gasteiger partial charge in [-0.1, -0.05) is 0 Å². The fraction of sp³-hybridized carbons (Fsp3) is 0.412. The minimum absolute atomic E-state index is 0.133. The number of hydrogen-bond donors (Lipinski definition) is 0. The predicted octanol–water partition coefficient (Wildman–Crippen LogP) is 0.833. The second-order valence-corrected chi connectivity index (χ2v) is 6.34. The highest BCUT2D eigenvalue weighted by Gasteiger charge is 2.31. The quantitative estimate of drug-likeness (QED) is 0.666. The maximum atomic E-state index is 12.8. The van der Waals surface area contributed by atoms with Crippen molar-refractivity contribution in [2.24, 2.45) is 0 Å². The number of carbonyl (C=O) groups excluding carboxylic acids is 1. The number of fused-ring (bicyclic) bond motifs is 1. The Morgan fingerprint density at radius 3 is 2.74 bits per heavy atom. The Kier molecular flexibility index (Phi) is 4.30. The third kappa shape index (κ3) is 3.25. The fourth-order valence-corrected chi connectivity index (χ4v) is 3.10. The van der Waals surface area contributed by atoms with Gasteiger partial charge in [-0.2, -0.15) is 4.98 Å². The van der Waals surface area contributed by atoms with Crippen LogP contribution in [0.25, 0.3) is 5.78 Å². The highest BCUT2D eigenvalue weighted by atomic mass is 16.5. The molecule has 1 atom stereocenters. The highest BCUT2D eigenvalue weighted by Crippen LogP contribution is 2.24. The van der Waals surface area contributed by atoms with E-state index in [1.54, 1.807) is 9.42 Å². The van der Waals surface area contributed by atoms with Gasteiger partial charge in [0.25, 0.3) is 23.4 Å². The molecule has 1 fully saturated rings. The lowest BCUT2D eigenvalue weighted by Crippen LogP contribution is -2.31. The van der Waals surface area contributed by atoms with Gasteiger partial charge in [0, 0.05) is 36.7 Å². The fourth-order valence-electron chi connectivity index (χ4n) is 3.10. The minimum atomic E-state index is -0.241. The molecule has 0 spiro atoms. The third-order valence-corrected chi connectivity index (χ3v) is 4.35. The molecular weight excluding hydrogens is 350 g/mol. The lowest BCUT2D eigenvalue weighted by atomic mass is 10.3. The number of carbonyl (C=O) groups is 1. The molecule has 1 saturated heterocycles. The largest absolute Gasteiger partial charge is 0.477 e. The van der Waals surface area contributed by atoms with Gasteiger partial charge in [0.1, 0.15) is 6.10 Å². The van der Waals surface area contributed by atoms with Crippen molar-refractivity contribution in [3.8, 4) is 11.8 Å². The van der Waals surface area contributed by atoms with Crippen LogP contribution in [0.4, 0.5) is 0 Å². The van der Waals surface area contributed by atoms with Crippen LogP contribution < -0.4 is 9.47 Å². The molecule has 140 valence electrons. The van der Waals surface area contributed by atoms with Crippen LogP contribution in [0.3, 0.4) is 0 Å². The van der Waals surface area contributed by atoms with Gasteiger partial charge >= 0.3 is 0 Å². The Morgan fingerprint density at radius 1 is 1.19 bits per heavy atom. The molecule has 0 N–H and O–H groups in total. The van der Waals surface area contributed by atoms with Gasteiger partial charge in [-0.3, -0.25) is 4.79 Å². The van der Waals surface area contributed by atoms with Crippen molar-refractivity contribution in [3.63, 3.8) is 0 Å². The molecule has 4 heterocycles. The summed E-state index contributed by atoms with van der Waals surface area (Å²) in [6, 6.07) is 1.89. The zero-order chi connectivity index (χ0) is 19.0. The van der Waals surface area contributed by atoms with Crippen molar-refractivity contribution in [1.29, 1.82) is 0 Å². The van der Waals surface area contributed by atoms with E-state index in [2.05, 4.69) is 25.0 Å². The third-order valence-electron chi connectivity index (χ3n) is 4.35. The first-order valence-corrected chi connectivity index (χ1v) is 8.57. The summed E-state index contributed by atoms with van der Waals surface area (Å²) in [6.45, 7) is 4.75. The van der Waals surface area contributed by atoms with Crippen molar-refractivity contribution in [3.05, 3.63) is 35.7 Å². The van der Waals surface area contributed by atoms with E-state index in [9.17, 15) is 4.79 Å². The van der Waals surface area contributed by atoms with Crippen molar-refractivity contribution in [2.45, 2.75) is 26.4 Å². The topological polar surface area (TPSA) is 108 Å². The lowest BCUT2D eigenvalue weighted by molar-refractivity contribution is 0.0758. The number of aryl methyl sites for hydroxylation is 2. The number of hydrogen-bond acceptors (Lipinski definition) is 8. The van der Waals surface area contributed by atoms with Crippen LogP contribution in [-0.2, 0) is 0 Å². The predicted molar refractivity (Wildman–Crippen MR) is 93.8 cm³/mol. The van der Waals surface area contributed by atoms with Gasteiger partial charge in [-0.15, -0.1) is 5.10 Å². The molecule has 0 bridgehead atoms. The number of rotatable bonds is 4. The summed E-state index contributed by atoms with van der Waals surface area (Å²) in [4.78, 5) is 31.3. The van der Waals surface area contributed by atoms with Crippen LogP contribution in [0.1, 0.15) is 28.4 Å². The van der Waals surface area contributed by atoms with E-state index in [-0.39, 0.29) is 17.8 Å². The van der Waals surface area contributed by atoms with Crippen LogP contribution in [0.5, 0.6) is 11.8 Å². The number of likely N-dealkylation sites (tertiary alicyclic amines) is 1. The van der Waals surface area contributed by atoms with Gasteiger partial charge in [0.05, 0.1) is 13.7 Å². The Hall–Kier alpha value is -3.30. The van der Waals surface area contributed by atoms with Crippen LogP contribution >= 0.6 is 0 Å². The van der Waals surface area contributed by atoms with E-state index >= 15 is 0 Å². The molecule has 27 heavy (non-hydrogen) atoms. The molecule has 0 radical (unpaired) electrons. The molecule has 0 aliphatic carbocycles. The molecule has 0 saturated carbocycles. The maximum Gasteiger partial charge on any atom is 0.293 e. The summed E-state index contributed by atoms with van der Waals surface area (Å²) in [6.07, 6.45) is 3.55. The Balaban J connectivity index is 1.49. The van der Waals surface area contributed by atoms with E-state index in [0.29, 0.717) is 37.0 Å². The van der Waals surface area contributed by atoms with Crippen molar-refractivity contribution < 1.29 is 14.3 Å². The van der Waals surface area contributed by atoms with Crippen molar-refractivity contribution >= 4 is 11.7 Å². The average molecular weight is 369 g/mol. The molecular formula is C17H19N7O3. The molecule has 10 nitrogen and oxygen atoms in total. The van der Waals surface area contributed by atoms with Crippen LogP contribution in [0.2, 0.25) is 0 Å². The summed E-state index contributed by atoms with van der Waals surface area (Å²) in [7, 11) is 1.51. The number of amides is 1. The molecule has 10 heteroatoms. The van der Waals surface area contributed by atoms with Crippen LogP contribution in [0.15, 0.2) is 18.5 Å². The summed E-state index contributed by atoms with van der Waals surface area (Å²) in [5.74, 6) is 0.956. The molecule has 1 amide bonds. The van der Waals surface area contributed by atoms with E-state index < -0.39 is 0 Å². The monoisotopic (exact) mass is 369 g/mol. The minimum Gasteiger partial charge on any atom is -0.477 e. The second-order valence-electron chi connectivity index (χ2n) is 6.34. The molecule has 3 aromatic heterocycles. The van der Waals surface area contributed by atoms with E-state index in [0.717, 1.165) is 11.4 Å². The Labute approximate surface area is 155 Å². The van der Waals surface area contributed by atoms with E-state index in [4.69, 9.17) is 9.47 Å². The van der Waals surface area contributed by atoms with Gasteiger partial charge < -0.3 is 14.4 Å². The zero-order valence-corrected chi connectivity index (χ0v) is 15.3. The Bertz CT molecular complexity index is 1000. The molecule has 0 aromatic carbocycles. The average Bonchev–Trinajstić information content (AvgIpc) is 3.29. The Morgan fingerprint density at radius 2 is 1.96 bits per heavy atom. The molecule has 1 aliphatic heterocycles. The van der Waals surface area contributed by atoms with E-state index in [1.165, 1.54) is 19.5 Å². The number of aromatic nitrogens is 6. The van der Waals surface area contributed by atoms with Gasteiger partial charge in [0.15, 0.2) is 0 Å². The number of ether oxygens (including phenoxy) is 2. The van der Waals surface area contributed by atoms with Crippen LogP contribution in [0, 0.1) is 13.8 Å². The molecule has 3 aromatic rings. The normalized spacial score (nSPS) is 16.7. The SMILES string of the molecule is COc1nccnc1OC1CCN(C(=O)c2nc3nc(C)cc(C)n3n2)C1. The molecule has 1 unspecified atom stereocenters. The van der Waals surface area contributed by atoms with Gasteiger partial charge in [0.2, 0.25) is 5.82 Å². The second kappa shape index (κ2) is 6.78. The first-order valence-electron chi connectivity index (χ1n) is 8.57. The van der Waals surface area contributed by atoms with Crippen molar-refractivity contribution in [1.82, 2.24) is 34.4 Å². The lowest BCUT2D eigenvalue weighted by Gasteiger charge is -2.16. The first-order chi connectivity index (χ1) is 13.0. The summed E-state index contributed by atoms with van der Waals surface area (Å²) >= 11 is 0. The van der Waals surface area contributed by atoms with Gasteiger partial charge in [-0.25, -0.2) is 19.5 Å². The summed E-state index contributed by atoms with van der Waals surface area (Å²) in [5, 5.41) is 4.30. The summed E-state index contributed by atoms with van der Waals surface area (Å²) < 4.78 is 12.6. The highest BCUT2D eigenvalue weighted by molar-refractivity contribution is 5.91. The first kappa shape index (κ1) is 17.1. The maximum absolute atomic E-state index is 12.8. The number of nitrogens with zero attached hydrogens (tertiary/aromatic N) is 7. The van der Waals surface area contributed by atoms with Crippen LogP contribution in [-0.4, -0.2) is 66.7 Å². The smallest absolute Gasteiger partial charge is 0.293 e. The van der Waals surface area contributed by atoms with Gasteiger partial charge in [-0.05, 0) is 19.9 Å². The number of methoxy groups -OCH3 is 1. The van der Waals surface area contributed by atoms with E-state index in [1.807, 2.05) is 19.9 Å². The zero-order valence-electron chi connectivity index (χ0n) is 15.3. The standard InChI is InChI=1S/C17H19N7O3/c1-10-8-11(2)24-17(20-10)21-13(22-24)16(25)23-7-4-12(9-23)27-15-14(26-3)18-5-6-19-15/h5-6,8,12H,4,7,9H2,1-3H3. The molecule has 1 aliphatic rings. The summed E-state index contributed by atoms with van der Waals surface area (Å²) in [5.41, 5.74) is 1.71. The molecule has 4 rings (SSSR count). The van der Waals surface area contributed by atoms with Crippen molar-refractivity contribution in [2.75, 3.05) is 20.2 Å².